The van der Waals surface area contributed by atoms with Gasteiger partial charge in [0.05, 0.1) is 7.11 Å². The molecule has 0 amide bonds. The van der Waals surface area contributed by atoms with Crippen LogP contribution in [0, 0.1) is 0 Å². The number of benzene rings is 1. The zero-order valence-electron chi connectivity index (χ0n) is 9.47. The summed E-state index contributed by atoms with van der Waals surface area (Å²) >= 11 is 0. The predicted octanol–water partition coefficient (Wildman–Crippen LogP) is 1.48. The molecule has 1 aromatic carbocycles. The fourth-order valence-corrected chi connectivity index (χ4v) is 1.59. The molecule has 0 unspecified atom stereocenters. The minimum atomic E-state index is -0.537. The molecule has 1 aliphatic rings. The number of para-hydroxylation sites is 1. The molecule has 0 aliphatic carbocycles. The summed E-state index contributed by atoms with van der Waals surface area (Å²) in [4.78, 5) is 11.1. The monoisotopic (exact) mass is 231 g/mol. The van der Waals surface area contributed by atoms with Gasteiger partial charge in [-0.15, -0.1) is 0 Å². The Morgan fingerprint density at radius 3 is 3.00 bits per heavy atom. The van der Waals surface area contributed by atoms with Crippen molar-refractivity contribution in [2.75, 3.05) is 13.7 Å². The zero-order chi connectivity index (χ0) is 12.3. The molecule has 2 rings (SSSR count). The van der Waals surface area contributed by atoms with E-state index >= 15 is 0 Å². The number of carbonyl (C=O) groups is 1. The van der Waals surface area contributed by atoms with Crippen LogP contribution in [0.15, 0.2) is 41.6 Å². The van der Waals surface area contributed by atoms with Gasteiger partial charge in [-0.3, -0.25) is 0 Å². The van der Waals surface area contributed by atoms with Gasteiger partial charge in [0.2, 0.25) is 0 Å². The quantitative estimate of drug-likeness (QED) is 0.618. The smallest absolute Gasteiger partial charge is 0.353 e. The predicted molar refractivity (Wildman–Crippen MR) is 64.2 cm³/mol. The van der Waals surface area contributed by atoms with Gasteiger partial charge in [-0.05, 0) is 23.8 Å². The average molecular weight is 231 g/mol. The van der Waals surface area contributed by atoms with Crippen LogP contribution >= 0.6 is 0 Å². The highest BCUT2D eigenvalue weighted by Crippen LogP contribution is 2.26. The summed E-state index contributed by atoms with van der Waals surface area (Å²) in [6, 6.07) is 7.68. The van der Waals surface area contributed by atoms with Gasteiger partial charge >= 0.3 is 5.97 Å². The molecule has 2 N–H and O–H groups in total. The van der Waals surface area contributed by atoms with E-state index in [-0.39, 0.29) is 5.70 Å². The van der Waals surface area contributed by atoms with E-state index in [1.807, 2.05) is 30.3 Å². The van der Waals surface area contributed by atoms with Crippen LogP contribution in [0.4, 0.5) is 0 Å². The largest absolute Gasteiger partial charge is 0.488 e. The summed E-state index contributed by atoms with van der Waals surface area (Å²) in [6.07, 6.45) is 3.51. The van der Waals surface area contributed by atoms with Gasteiger partial charge in [-0.25, -0.2) is 4.79 Å². The molecule has 1 aromatic rings. The second kappa shape index (κ2) is 4.74. The molecule has 17 heavy (non-hydrogen) atoms. The van der Waals surface area contributed by atoms with Crippen molar-refractivity contribution < 1.29 is 14.3 Å². The lowest BCUT2D eigenvalue weighted by molar-refractivity contribution is -0.136. The third-order valence-electron chi connectivity index (χ3n) is 2.42. The average Bonchev–Trinajstić information content (AvgIpc) is 2.37. The van der Waals surface area contributed by atoms with Gasteiger partial charge in [-0.2, -0.15) is 0 Å². The van der Waals surface area contributed by atoms with Crippen molar-refractivity contribution in [3.63, 3.8) is 0 Å². The molecule has 4 nitrogen and oxygen atoms in total. The number of nitrogens with two attached hydrogens (primary N) is 1. The number of methoxy groups -OCH3 is 1. The van der Waals surface area contributed by atoms with E-state index in [2.05, 4.69) is 4.74 Å². The van der Waals surface area contributed by atoms with E-state index in [9.17, 15) is 4.79 Å². The Balaban J connectivity index is 2.26. The summed E-state index contributed by atoms with van der Waals surface area (Å²) in [5.41, 5.74) is 7.45. The number of ether oxygens (including phenoxy) is 2. The summed E-state index contributed by atoms with van der Waals surface area (Å²) in [7, 11) is 1.30. The highest BCUT2D eigenvalue weighted by molar-refractivity contribution is 5.88. The Hall–Kier alpha value is -2.23. The molecule has 4 heteroatoms. The SMILES string of the molecule is COC(=O)/C(N)=C/C1=Cc2ccccc2OC1. The van der Waals surface area contributed by atoms with Crippen molar-refractivity contribution >= 4 is 12.0 Å². The standard InChI is InChI=1S/C13H13NO3/c1-16-13(15)11(14)7-9-6-10-4-2-3-5-12(10)17-8-9/h2-7H,8,14H2,1H3/b11-7-. The van der Waals surface area contributed by atoms with E-state index in [0.29, 0.717) is 6.61 Å². The maximum atomic E-state index is 11.1. The Kier molecular flexibility index (Phi) is 3.14. The number of esters is 1. The molecule has 1 heterocycles. The normalized spacial score (nSPS) is 14.4. The van der Waals surface area contributed by atoms with Crippen molar-refractivity contribution in [2.24, 2.45) is 5.73 Å². The molecule has 0 aromatic heterocycles. The summed E-state index contributed by atoms with van der Waals surface area (Å²) in [5.74, 6) is 0.297. The zero-order valence-corrected chi connectivity index (χ0v) is 9.47. The lowest BCUT2D eigenvalue weighted by atomic mass is 10.1. The van der Waals surface area contributed by atoms with E-state index in [4.69, 9.17) is 10.5 Å². The van der Waals surface area contributed by atoms with Crippen molar-refractivity contribution in [3.05, 3.63) is 47.2 Å². The molecule has 88 valence electrons. The number of carbonyl (C=O) groups excluding carboxylic acids is 1. The first kappa shape index (κ1) is 11.3. The van der Waals surface area contributed by atoms with Gasteiger partial charge in [-0.1, -0.05) is 18.2 Å². The summed E-state index contributed by atoms with van der Waals surface area (Å²) in [5, 5.41) is 0. The first-order valence-electron chi connectivity index (χ1n) is 5.18. The second-order valence-corrected chi connectivity index (χ2v) is 3.64. The fraction of sp³-hybridized carbons (Fsp3) is 0.154. The molecule has 0 spiro atoms. The molecule has 0 bridgehead atoms. The molecule has 1 aliphatic heterocycles. The Morgan fingerprint density at radius 1 is 1.47 bits per heavy atom. The van der Waals surface area contributed by atoms with Crippen LogP contribution in [0.5, 0.6) is 5.75 Å². The van der Waals surface area contributed by atoms with E-state index in [1.54, 1.807) is 6.08 Å². The first-order valence-corrected chi connectivity index (χ1v) is 5.18. The van der Waals surface area contributed by atoms with Crippen LogP contribution in [0.25, 0.3) is 6.08 Å². The lowest BCUT2D eigenvalue weighted by Crippen LogP contribution is -2.14. The van der Waals surface area contributed by atoms with Crippen LogP contribution in [-0.2, 0) is 9.53 Å². The molecule has 0 atom stereocenters. The molecule has 0 saturated carbocycles. The van der Waals surface area contributed by atoms with Crippen molar-refractivity contribution in [1.29, 1.82) is 0 Å². The fourth-order valence-electron chi connectivity index (χ4n) is 1.59. The van der Waals surface area contributed by atoms with Crippen molar-refractivity contribution in [3.8, 4) is 5.75 Å². The van der Waals surface area contributed by atoms with Crippen LogP contribution < -0.4 is 10.5 Å². The second-order valence-electron chi connectivity index (χ2n) is 3.64. The van der Waals surface area contributed by atoms with Crippen LogP contribution in [0.1, 0.15) is 5.56 Å². The lowest BCUT2D eigenvalue weighted by Gasteiger charge is -2.15. The van der Waals surface area contributed by atoms with E-state index in [1.165, 1.54) is 7.11 Å². The maximum absolute atomic E-state index is 11.1. The Labute approximate surface area is 99.3 Å². The van der Waals surface area contributed by atoms with Crippen molar-refractivity contribution in [2.45, 2.75) is 0 Å². The number of fused-ring (bicyclic) bond motifs is 1. The van der Waals surface area contributed by atoms with Gasteiger partial charge < -0.3 is 15.2 Å². The van der Waals surface area contributed by atoms with Gasteiger partial charge in [0, 0.05) is 5.56 Å². The van der Waals surface area contributed by atoms with Gasteiger partial charge in [0.1, 0.15) is 18.1 Å². The number of hydrogen-bond donors (Lipinski definition) is 1. The molecular formula is C13H13NO3. The molecule has 0 fully saturated rings. The highest BCUT2D eigenvalue weighted by atomic mass is 16.5. The van der Waals surface area contributed by atoms with Gasteiger partial charge in [0.15, 0.2) is 0 Å². The maximum Gasteiger partial charge on any atom is 0.353 e. The highest BCUT2D eigenvalue weighted by Gasteiger charge is 2.11. The van der Waals surface area contributed by atoms with Crippen LogP contribution in [0.2, 0.25) is 0 Å². The van der Waals surface area contributed by atoms with Gasteiger partial charge in [0.25, 0.3) is 0 Å². The first-order chi connectivity index (χ1) is 8.20. The minimum Gasteiger partial charge on any atom is -0.488 e. The topological polar surface area (TPSA) is 61.5 Å². The Morgan fingerprint density at radius 2 is 2.24 bits per heavy atom. The van der Waals surface area contributed by atoms with Crippen LogP contribution in [-0.4, -0.2) is 19.7 Å². The summed E-state index contributed by atoms with van der Waals surface area (Å²) < 4.78 is 10.1. The Bertz CT molecular complexity index is 503. The molecule has 0 saturated heterocycles. The van der Waals surface area contributed by atoms with Crippen LogP contribution in [0.3, 0.4) is 0 Å². The van der Waals surface area contributed by atoms with E-state index in [0.717, 1.165) is 16.9 Å². The van der Waals surface area contributed by atoms with Crippen molar-refractivity contribution in [1.82, 2.24) is 0 Å². The molecule has 0 radical (unpaired) electrons. The minimum absolute atomic E-state index is 0.0710. The third kappa shape index (κ3) is 2.47. The summed E-state index contributed by atoms with van der Waals surface area (Å²) in [6.45, 7) is 0.398. The molecular weight excluding hydrogens is 218 g/mol. The third-order valence-corrected chi connectivity index (χ3v) is 2.42. The van der Waals surface area contributed by atoms with E-state index < -0.39 is 5.97 Å². The number of rotatable bonds is 2. The number of hydrogen-bond acceptors (Lipinski definition) is 4.